The monoisotopic (exact) mass is 329 g/mol. The second-order valence-electron chi connectivity index (χ2n) is 4.70. The molecule has 23 heavy (non-hydrogen) atoms. The number of thiazole rings is 1. The van der Waals surface area contributed by atoms with Gasteiger partial charge in [0.15, 0.2) is 0 Å². The molecule has 0 fully saturated rings. The summed E-state index contributed by atoms with van der Waals surface area (Å²) in [4.78, 5) is 4.41. The smallest absolute Gasteiger partial charge is 0.253 e. The highest BCUT2D eigenvalue weighted by Gasteiger charge is 2.10. The van der Waals surface area contributed by atoms with Crippen LogP contribution in [0.25, 0.3) is 11.3 Å². The highest BCUT2D eigenvalue weighted by atomic mass is 32.1. The lowest BCUT2D eigenvalue weighted by molar-refractivity contribution is 0.151. The second kappa shape index (κ2) is 7.11. The fourth-order valence-corrected chi connectivity index (χ4v) is 2.72. The molecule has 3 nitrogen and oxygen atoms in total. The van der Waals surface area contributed by atoms with Crippen LogP contribution in [0.4, 0.5) is 13.9 Å². The van der Waals surface area contributed by atoms with Crippen LogP contribution in [0.5, 0.6) is 0 Å². The van der Waals surface area contributed by atoms with E-state index in [1.54, 1.807) is 18.2 Å². The molecule has 0 spiro atoms. The van der Waals surface area contributed by atoms with Crippen LogP contribution in [0.1, 0.15) is 17.6 Å². The SMILES string of the molecule is FC(F)c1ccccc1C=NNc1nc(-c2ccccc2)cs1. The van der Waals surface area contributed by atoms with Crippen LogP contribution in [0.2, 0.25) is 0 Å². The number of rotatable bonds is 5. The molecule has 1 aromatic heterocycles. The Balaban J connectivity index is 1.71. The highest BCUT2D eigenvalue weighted by molar-refractivity contribution is 7.14. The maximum atomic E-state index is 12.9. The Bertz CT molecular complexity index is 800. The summed E-state index contributed by atoms with van der Waals surface area (Å²) in [5.74, 6) is 0. The number of alkyl halides is 2. The molecule has 0 atom stereocenters. The third kappa shape index (κ3) is 3.78. The van der Waals surface area contributed by atoms with Crippen molar-refractivity contribution in [2.45, 2.75) is 6.43 Å². The van der Waals surface area contributed by atoms with Crippen molar-refractivity contribution in [3.05, 3.63) is 71.1 Å². The van der Waals surface area contributed by atoms with E-state index in [4.69, 9.17) is 0 Å². The molecule has 0 aliphatic carbocycles. The number of benzene rings is 2. The number of halogens is 2. The van der Waals surface area contributed by atoms with Gasteiger partial charge in [0.05, 0.1) is 11.9 Å². The number of hydrogen-bond acceptors (Lipinski definition) is 4. The molecule has 0 bridgehead atoms. The normalized spacial score (nSPS) is 11.3. The molecule has 0 amide bonds. The third-order valence-corrected chi connectivity index (χ3v) is 3.92. The number of aromatic nitrogens is 1. The molecule has 0 radical (unpaired) electrons. The molecule has 1 N–H and O–H groups in total. The standard InChI is InChI=1S/C17H13F2N3S/c18-16(19)14-9-5-4-8-13(14)10-20-22-17-21-15(11-23-17)12-6-2-1-3-7-12/h1-11,16H,(H,21,22). The van der Waals surface area contributed by atoms with Crippen molar-refractivity contribution in [1.29, 1.82) is 0 Å². The molecule has 0 unspecified atom stereocenters. The predicted molar refractivity (Wildman–Crippen MR) is 90.2 cm³/mol. The van der Waals surface area contributed by atoms with Gasteiger partial charge in [-0.2, -0.15) is 5.10 Å². The fraction of sp³-hybridized carbons (Fsp3) is 0.0588. The van der Waals surface area contributed by atoms with E-state index in [9.17, 15) is 8.78 Å². The first-order valence-corrected chi connectivity index (χ1v) is 7.79. The van der Waals surface area contributed by atoms with Crippen LogP contribution in [0.3, 0.4) is 0 Å². The van der Waals surface area contributed by atoms with Crippen LogP contribution in [0.15, 0.2) is 65.1 Å². The van der Waals surface area contributed by atoms with Crippen molar-refractivity contribution in [2.24, 2.45) is 5.10 Å². The van der Waals surface area contributed by atoms with Crippen molar-refractivity contribution in [3.8, 4) is 11.3 Å². The van der Waals surface area contributed by atoms with Crippen LogP contribution in [0, 0.1) is 0 Å². The molecule has 116 valence electrons. The summed E-state index contributed by atoms with van der Waals surface area (Å²) in [6.45, 7) is 0. The minimum atomic E-state index is -2.53. The third-order valence-electron chi connectivity index (χ3n) is 3.17. The summed E-state index contributed by atoms with van der Waals surface area (Å²) in [6.07, 6.45) is -1.15. The lowest BCUT2D eigenvalue weighted by atomic mass is 10.1. The summed E-state index contributed by atoms with van der Waals surface area (Å²) in [6, 6.07) is 16.1. The zero-order valence-corrected chi connectivity index (χ0v) is 12.8. The summed E-state index contributed by atoms with van der Waals surface area (Å²) in [7, 11) is 0. The number of anilines is 1. The van der Waals surface area contributed by atoms with Crippen LogP contribution in [-0.4, -0.2) is 11.2 Å². The van der Waals surface area contributed by atoms with Gasteiger partial charge in [-0.05, 0) is 0 Å². The Morgan fingerprint density at radius 1 is 1.04 bits per heavy atom. The molecule has 1 heterocycles. The minimum Gasteiger partial charge on any atom is -0.253 e. The second-order valence-corrected chi connectivity index (χ2v) is 5.56. The van der Waals surface area contributed by atoms with Gasteiger partial charge in [0.1, 0.15) is 0 Å². The van der Waals surface area contributed by atoms with Gasteiger partial charge in [-0.25, -0.2) is 13.8 Å². The zero-order valence-electron chi connectivity index (χ0n) is 12.0. The number of hydrogen-bond donors (Lipinski definition) is 1. The fourth-order valence-electron chi connectivity index (χ4n) is 2.05. The Kier molecular flexibility index (Phi) is 4.73. The van der Waals surface area contributed by atoms with Crippen LogP contribution >= 0.6 is 11.3 Å². The van der Waals surface area contributed by atoms with E-state index in [-0.39, 0.29) is 5.56 Å². The van der Waals surface area contributed by atoms with Gasteiger partial charge in [0.25, 0.3) is 6.43 Å². The van der Waals surface area contributed by atoms with E-state index in [1.165, 1.54) is 23.6 Å². The van der Waals surface area contributed by atoms with Crippen molar-refractivity contribution in [2.75, 3.05) is 5.43 Å². The summed E-state index contributed by atoms with van der Waals surface area (Å²) >= 11 is 1.41. The Labute approximate surface area is 136 Å². The first kappa shape index (κ1) is 15.3. The Hall–Kier alpha value is -2.60. The number of nitrogens with zero attached hydrogens (tertiary/aromatic N) is 2. The zero-order chi connectivity index (χ0) is 16.1. The molecule has 3 aromatic rings. The Morgan fingerprint density at radius 2 is 1.78 bits per heavy atom. The van der Waals surface area contributed by atoms with E-state index < -0.39 is 6.43 Å². The quantitative estimate of drug-likeness (QED) is 0.516. The topological polar surface area (TPSA) is 37.3 Å². The van der Waals surface area contributed by atoms with Gasteiger partial charge in [0, 0.05) is 22.1 Å². The first-order valence-electron chi connectivity index (χ1n) is 6.91. The van der Waals surface area contributed by atoms with Gasteiger partial charge in [-0.1, -0.05) is 54.6 Å². The van der Waals surface area contributed by atoms with Gasteiger partial charge in [0.2, 0.25) is 5.13 Å². The van der Waals surface area contributed by atoms with Crippen molar-refractivity contribution in [3.63, 3.8) is 0 Å². The molecule has 0 aliphatic heterocycles. The lowest BCUT2D eigenvalue weighted by Gasteiger charge is -2.03. The molecular weight excluding hydrogens is 316 g/mol. The largest absolute Gasteiger partial charge is 0.264 e. The maximum absolute atomic E-state index is 12.9. The van der Waals surface area contributed by atoms with Gasteiger partial charge >= 0.3 is 0 Å². The molecule has 3 rings (SSSR count). The summed E-state index contributed by atoms with van der Waals surface area (Å²) in [5.41, 5.74) is 4.99. The van der Waals surface area contributed by atoms with E-state index in [0.717, 1.165) is 11.3 Å². The average Bonchev–Trinajstić information content (AvgIpc) is 3.05. The van der Waals surface area contributed by atoms with Crippen molar-refractivity contribution >= 4 is 22.7 Å². The van der Waals surface area contributed by atoms with Gasteiger partial charge in [-0.3, -0.25) is 5.43 Å². The Morgan fingerprint density at radius 3 is 2.57 bits per heavy atom. The van der Waals surface area contributed by atoms with E-state index in [0.29, 0.717) is 10.7 Å². The van der Waals surface area contributed by atoms with Crippen LogP contribution < -0.4 is 5.43 Å². The summed E-state index contributed by atoms with van der Waals surface area (Å²) in [5, 5.41) is 6.52. The van der Waals surface area contributed by atoms with Crippen LogP contribution in [-0.2, 0) is 0 Å². The molecule has 2 aromatic carbocycles. The van der Waals surface area contributed by atoms with E-state index >= 15 is 0 Å². The summed E-state index contributed by atoms with van der Waals surface area (Å²) < 4.78 is 25.8. The predicted octanol–water partition coefficient (Wildman–Crippen LogP) is 5.19. The number of hydrazone groups is 1. The number of nitrogens with one attached hydrogen (secondary N) is 1. The van der Waals surface area contributed by atoms with E-state index in [1.807, 2.05) is 35.7 Å². The van der Waals surface area contributed by atoms with E-state index in [2.05, 4.69) is 15.5 Å². The first-order chi connectivity index (χ1) is 11.2. The van der Waals surface area contributed by atoms with Gasteiger partial charge in [-0.15, -0.1) is 11.3 Å². The highest BCUT2D eigenvalue weighted by Crippen LogP contribution is 2.25. The molecule has 0 saturated carbocycles. The molecule has 0 saturated heterocycles. The molecule has 6 heteroatoms. The lowest BCUT2D eigenvalue weighted by Crippen LogP contribution is -1.95. The maximum Gasteiger partial charge on any atom is 0.264 e. The minimum absolute atomic E-state index is 0.0397. The average molecular weight is 329 g/mol. The van der Waals surface area contributed by atoms with Crippen molar-refractivity contribution in [1.82, 2.24) is 4.98 Å². The van der Waals surface area contributed by atoms with Crippen molar-refractivity contribution < 1.29 is 8.78 Å². The molecular formula is C17H13F2N3S. The molecule has 0 aliphatic rings. The van der Waals surface area contributed by atoms with Gasteiger partial charge < -0.3 is 0 Å².